The highest BCUT2D eigenvalue weighted by atomic mass is 35.5. The van der Waals surface area contributed by atoms with Crippen molar-refractivity contribution in [2.75, 3.05) is 19.6 Å². The van der Waals surface area contributed by atoms with Gasteiger partial charge in [0.05, 0.1) is 28.6 Å². The molecule has 0 spiro atoms. The van der Waals surface area contributed by atoms with Crippen molar-refractivity contribution < 1.29 is 8.78 Å². The molecular weight excluding hydrogens is 474 g/mol. The molecule has 3 fully saturated rings. The number of nitrogens with one attached hydrogen (secondary N) is 4. The van der Waals surface area contributed by atoms with Crippen LogP contribution in [0.2, 0.25) is 5.02 Å². The fourth-order valence-electron chi connectivity index (χ4n) is 5.98. The summed E-state index contributed by atoms with van der Waals surface area (Å²) in [5, 5.41) is 7.20. The maximum atomic E-state index is 14.6. The number of benzene rings is 1. The van der Waals surface area contributed by atoms with E-state index in [-0.39, 0.29) is 33.9 Å². The topological polar surface area (TPSA) is 83.0 Å². The molecule has 35 heavy (non-hydrogen) atoms. The molecule has 7 nitrogen and oxygen atoms in total. The van der Waals surface area contributed by atoms with E-state index in [1.807, 2.05) is 0 Å². The van der Waals surface area contributed by atoms with Gasteiger partial charge in [-0.3, -0.25) is 20.2 Å². The van der Waals surface area contributed by atoms with Crippen LogP contribution in [0.5, 0.6) is 0 Å². The third-order valence-corrected chi connectivity index (χ3v) is 8.19. The van der Waals surface area contributed by atoms with Crippen molar-refractivity contribution in [2.45, 2.75) is 63.2 Å². The van der Waals surface area contributed by atoms with Gasteiger partial charge in [0.1, 0.15) is 5.82 Å². The first-order chi connectivity index (χ1) is 16.9. The lowest BCUT2D eigenvalue weighted by molar-refractivity contribution is 0.176. The van der Waals surface area contributed by atoms with E-state index in [1.54, 1.807) is 4.57 Å². The van der Waals surface area contributed by atoms with E-state index < -0.39 is 11.6 Å². The second-order valence-electron chi connectivity index (χ2n) is 10.3. The Morgan fingerprint density at radius 1 is 1.11 bits per heavy atom. The van der Waals surface area contributed by atoms with Crippen molar-refractivity contribution >= 4 is 11.6 Å². The zero-order valence-electron chi connectivity index (χ0n) is 19.9. The molecule has 3 aliphatic rings. The fourth-order valence-corrected chi connectivity index (χ4v) is 6.14. The normalized spacial score (nSPS) is 31.9. The summed E-state index contributed by atoms with van der Waals surface area (Å²) in [6.45, 7) is 5.01. The summed E-state index contributed by atoms with van der Waals surface area (Å²) in [4.78, 5) is 17.6. The summed E-state index contributed by atoms with van der Waals surface area (Å²) in [6.07, 6.45) is 6.31. The highest BCUT2D eigenvalue weighted by molar-refractivity contribution is 6.31. The minimum atomic E-state index is -0.908. The van der Waals surface area contributed by atoms with Gasteiger partial charge in [-0.05, 0) is 62.7 Å². The number of hydrogen-bond acceptors (Lipinski definition) is 6. The van der Waals surface area contributed by atoms with Gasteiger partial charge in [0.25, 0.3) is 5.56 Å². The zero-order chi connectivity index (χ0) is 24.5. The Morgan fingerprint density at radius 2 is 1.97 bits per heavy atom. The maximum absolute atomic E-state index is 14.6. The Kier molecular flexibility index (Phi) is 7.50. The number of rotatable bonds is 2. The first-order valence-corrected chi connectivity index (χ1v) is 13.0. The molecule has 4 unspecified atom stereocenters. The average molecular weight is 507 g/mol. The molecule has 4 heterocycles. The predicted octanol–water partition coefficient (Wildman–Crippen LogP) is 3.01. The molecule has 0 aliphatic carbocycles. The third-order valence-electron chi connectivity index (χ3n) is 7.89. The quantitative estimate of drug-likeness (QED) is 0.469. The van der Waals surface area contributed by atoms with Gasteiger partial charge in [0.15, 0.2) is 5.82 Å². The zero-order valence-corrected chi connectivity index (χ0v) is 20.6. The molecule has 5 rings (SSSR count). The maximum Gasteiger partial charge on any atom is 0.254 e. The molecule has 3 aliphatic heterocycles. The molecule has 6 atom stereocenters. The largest absolute Gasteiger partial charge is 0.312 e. The Morgan fingerprint density at radius 3 is 2.80 bits per heavy atom. The smallest absolute Gasteiger partial charge is 0.254 e. The summed E-state index contributed by atoms with van der Waals surface area (Å²) in [5.41, 5.74) is 6.08. The molecular formula is C25H33ClF2N6O. The Hall–Kier alpha value is -1.91. The average Bonchev–Trinajstić information content (AvgIpc) is 3.32. The summed E-state index contributed by atoms with van der Waals surface area (Å²) < 4.78 is 30.6. The summed E-state index contributed by atoms with van der Waals surface area (Å²) in [7, 11) is 0. The van der Waals surface area contributed by atoms with Gasteiger partial charge >= 0.3 is 0 Å². The van der Waals surface area contributed by atoms with Gasteiger partial charge in [0, 0.05) is 30.7 Å². The van der Waals surface area contributed by atoms with Crippen LogP contribution in [0.15, 0.2) is 29.3 Å². The molecule has 190 valence electrons. The second-order valence-corrected chi connectivity index (χ2v) is 10.7. The van der Waals surface area contributed by atoms with Crippen LogP contribution in [-0.4, -0.2) is 47.3 Å². The van der Waals surface area contributed by atoms with Crippen LogP contribution in [0.25, 0.3) is 11.3 Å². The first-order valence-electron chi connectivity index (χ1n) is 12.6. The Labute approximate surface area is 209 Å². The number of nitrogens with zero attached hydrogens (tertiary/aromatic N) is 2. The molecule has 1 aromatic carbocycles. The van der Waals surface area contributed by atoms with Gasteiger partial charge in [-0.15, -0.1) is 0 Å². The van der Waals surface area contributed by atoms with E-state index >= 15 is 0 Å². The van der Waals surface area contributed by atoms with Crippen LogP contribution < -0.4 is 27.0 Å². The lowest BCUT2D eigenvalue weighted by Gasteiger charge is -2.40. The molecule has 0 amide bonds. The lowest BCUT2D eigenvalue weighted by atomic mass is 9.80. The second kappa shape index (κ2) is 10.6. The number of aromatic nitrogens is 2. The minimum Gasteiger partial charge on any atom is -0.312 e. The first kappa shape index (κ1) is 24.8. The van der Waals surface area contributed by atoms with E-state index in [9.17, 15) is 13.6 Å². The van der Waals surface area contributed by atoms with E-state index in [4.69, 9.17) is 11.6 Å². The van der Waals surface area contributed by atoms with Crippen molar-refractivity contribution in [1.29, 1.82) is 0 Å². The lowest BCUT2D eigenvalue weighted by Crippen LogP contribution is -2.54. The summed E-state index contributed by atoms with van der Waals surface area (Å²) in [5.74, 6) is -0.721. The molecule has 1 aromatic heterocycles. The van der Waals surface area contributed by atoms with Crippen molar-refractivity contribution in [3.63, 3.8) is 0 Å². The summed E-state index contributed by atoms with van der Waals surface area (Å²) >= 11 is 5.85. The number of hydrogen-bond donors (Lipinski definition) is 4. The predicted molar refractivity (Wildman–Crippen MR) is 132 cm³/mol. The van der Waals surface area contributed by atoms with Crippen LogP contribution in [0.3, 0.4) is 0 Å². The van der Waals surface area contributed by atoms with Gasteiger partial charge in [-0.2, -0.15) is 0 Å². The molecule has 2 aromatic rings. The van der Waals surface area contributed by atoms with E-state index in [2.05, 4.69) is 33.4 Å². The molecule has 4 N–H and O–H groups in total. The van der Waals surface area contributed by atoms with Crippen LogP contribution in [0.1, 0.15) is 45.1 Å². The van der Waals surface area contributed by atoms with Gasteiger partial charge in [0.2, 0.25) is 0 Å². The minimum absolute atomic E-state index is 0.0462. The highest BCUT2D eigenvalue weighted by Gasteiger charge is 2.39. The molecule has 3 saturated heterocycles. The van der Waals surface area contributed by atoms with E-state index in [0.717, 1.165) is 63.9 Å². The van der Waals surface area contributed by atoms with Crippen molar-refractivity contribution in [3.05, 3.63) is 51.5 Å². The van der Waals surface area contributed by atoms with E-state index in [0.29, 0.717) is 23.9 Å². The van der Waals surface area contributed by atoms with Crippen LogP contribution >= 0.6 is 11.6 Å². The van der Waals surface area contributed by atoms with Crippen LogP contribution in [0, 0.1) is 23.5 Å². The van der Waals surface area contributed by atoms with Crippen LogP contribution in [0.4, 0.5) is 8.78 Å². The van der Waals surface area contributed by atoms with Crippen LogP contribution in [-0.2, 0) is 0 Å². The molecule has 0 saturated carbocycles. The monoisotopic (exact) mass is 506 g/mol. The number of halogens is 3. The molecule has 0 radical (unpaired) electrons. The highest BCUT2D eigenvalue weighted by Crippen LogP contribution is 2.32. The number of hydrazine groups is 1. The Bertz CT molecular complexity index is 1110. The Balaban J connectivity index is 1.46. The SMILES string of the molecule is C[C@@H]1CCC[C@H](n2cnc(-c3c(F)ccc(Cl)c3F)cc2=O)C2CC(CCN2)C2NNCC2NC1. The number of piperidine rings is 1. The van der Waals surface area contributed by atoms with E-state index in [1.165, 1.54) is 12.4 Å². The van der Waals surface area contributed by atoms with Gasteiger partial charge < -0.3 is 10.6 Å². The van der Waals surface area contributed by atoms with Gasteiger partial charge in [-0.1, -0.05) is 24.9 Å². The van der Waals surface area contributed by atoms with Gasteiger partial charge in [-0.25, -0.2) is 13.8 Å². The summed E-state index contributed by atoms with van der Waals surface area (Å²) in [6, 6.07) is 4.19. The fraction of sp³-hybridized carbons (Fsp3) is 0.600. The molecule has 10 heteroatoms. The third kappa shape index (κ3) is 5.15. The standard InChI is InChI=1S/C25H33ClF2N6O/c1-14-3-2-4-21(18-9-15(7-8-29-18)25-20(30-11-14)12-32-33-25)34-13-31-19(10-22(34)35)23-17(27)6-5-16(26)24(23)28/h5-6,10,13-15,18,20-21,25,29-30,32-33H,2-4,7-9,11-12H2,1H3/t14-,15?,18?,20?,21+,25?/m1/s1. The van der Waals surface area contributed by atoms with Crippen molar-refractivity contribution in [3.8, 4) is 11.3 Å². The number of fused-ring (bicyclic) bond motifs is 4. The van der Waals surface area contributed by atoms with Crippen molar-refractivity contribution in [1.82, 2.24) is 31.0 Å². The molecule has 2 bridgehead atoms. The van der Waals surface area contributed by atoms with Crippen molar-refractivity contribution in [2.24, 2.45) is 11.8 Å².